The van der Waals surface area contributed by atoms with Gasteiger partial charge in [0.2, 0.25) is 0 Å². The average Bonchev–Trinajstić information content (AvgIpc) is 3.15. The highest BCUT2D eigenvalue weighted by atomic mass is 16.6. The Morgan fingerprint density at radius 1 is 1.05 bits per heavy atom. The van der Waals surface area contributed by atoms with Crippen LogP contribution < -0.4 is 10.2 Å². The lowest BCUT2D eigenvalue weighted by Crippen LogP contribution is -2.50. The predicted molar refractivity (Wildman–Crippen MR) is 154 cm³/mol. The highest BCUT2D eigenvalue weighted by molar-refractivity contribution is 5.94. The molecule has 6 heteroatoms. The molecular weight excluding hydrogens is 460 g/mol. The third-order valence-corrected chi connectivity index (χ3v) is 8.04. The lowest BCUT2D eigenvalue weighted by molar-refractivity contribution is 0.0240. The first kappa shape index (κ1) is 27.3. The molecule has 1 heterocycles. The van der Waals surface area contributed by atoms with Crippen molar-refractivity contribution < 1.29 is 9.53 Å². The van der Waals surface area contributed by atoms with Crippen molar-refractivity contribution in [1.82, 2.24) is 4.90 Å². The number of rotatable bonds is 4. The number of benzene rings is 1. The number of nitrogens with one attached hydrogen (secondary N) is 1. The SMILES string of the molecule is CC1=C/C(=C/N=C(C)Nc2ccc(N3CCN(C(=O)OC(C)(C)C)CC3)cc2)C(C)C1C1CCCCC1. The summed E-state index contributed by atoms with van der Waals surface area (Å²) in [5.41, 5.74) is 4.63. The van der Waals surface area contributed by atoms with E-state index in [1.54, 1.807) is 4.90 Å². The van der Waals surface area contributed by atoms with Crippen molar-refractivity contribution in [1.29, 1.82) is 0 Å². The molecule has 6 nitrogen and oxygen atoms in total. The topological polar surface area (TPSA) is 57.2 Å². The number of amides is 1. The van der Waals surface area contributed by atoms with Gasteiger partial charge in [0.1, 0.15) is 11.4 Å². The van der Waals surface area contributed by atoms with Crippen LogP contribution in [0.3, 0.4) is 0 Å². The van der Waals surface area contributed by atoms with E-state index in [9.17, 15) is 4.79 Å². The van der Waals surface area contributed by atoms with Gasteiger partial charge in [-0.05, 0) is 95.1 Å². The number of carbonyl (C=O) groups excluding carboxylic acids is 1. The molecule has 1 saturated carbocycles. The van der Waals surface area contributed by atoms with Crippen LogP contribution in [0.4, 0.5) is 16.2 Å². The number of carbonyl (C=O) groups is 1. The number of aliphatic imine (C=N–C) groups is 1. The van der Waals surface area contributed by atoms with Gasteiger partial charge >= 0.3 is 6.09 Å². The van der Waals surface area contributed by atoms with Gasteiger partial charge in [0.05, 0.1) is 0 Å². The molecule has 37 heavy (non-hydrogen) atoms. The van der Waals surface area contributed by atoms with Gasteiger partial charge in [0.15, 0.2) is 0 Å². The monoisotopic (exact) mass is 506 g/mol. The van der Waals surface area contributed by atoms with Crippen molar-refractivity contribution in [2.24, 2.45) is 22.7 Å². The van der Waals surface area contributed by atoms with E-state index >= 15 is 0 Å². The predicted octanol–water partition coefficient (Wildman–Crippen LogP) is 7.25. The fourth-order valence-electron chi connectivity index (χ4n) is 6.16. The van der Waals surface area contributed by atoms with Crippen LogP contribution in [0.2, 0.25) is 0 Å². The van der Waals surface area contributed by atoms with Gasteiger partial charge in [-0.1, -0.05) is 37.8 Å². The molecule has 2 atom stereocenters. The van der Waals surface area contributed by atoms with Crippen LogP contribution in [0.1, 0.15) is 73.6 Å². The van der Waals surface area contributed by atoms with Gasteiger partial charge in [-0.15, -0.1) is 0 Å². The van der Waals surface area contributed by atoms with Gasteiger partial charge in [-0.25, -0.2) is 9.79 Å². The van der Waals surface area contributed by atoms with Crippen molar-refractivity contribution in [2.45, 2.75) is 79.2 Å². The van der Waals surface area contributed by atoms with E-state index in [0.717, 1.165) is 30.5 Å². The second-order valence-electron chi connectivity index (χ2n) is 12.1. The van der Waals surface area contributed by atoms with E-state index in [2.05, 4.69) is 60.6 Å². The van der Waals surface area contributed by atoms with Gasteiger partial charge < -0.3 is 19.9 Å². The zero-order valence-electron chi connectivity index (χ0n) is 23.7. The number of anilines is 2. The number of allylic oxidation sites excluding steroid dienone is 3. The third kappa shape index (κ3) is 7.18. The Balaban J connectivity index is 1.29. The maximum atomic E-state index is 12.3. The molecule has 4 rings (SSSR count). The first-order valence-electron chi connectivity index (χ1n) is 14.1. The lowest BCUT2D eigenvalue weighted by Gasteiger charge is -2.36. The van der Waals surface area contributed by atoms with Crippen molar-refractivity contribution in [3.63, 3.8) is 0 Å². The summed E-state index contributed by atoms with van der Waals surface area (Å²) in [4.78, 5) is 21.2. The van der Waals surface area contributed by atoms with Crippen LogP contribution in [0.25, 0.3) is 0 Å². The zero-order chi connectivity index (χ0) is 26.6. The van der Waals surface area contributed by atoms with E-state index in [0.29, 0.717) is 24.9 Å². The second-order valence-corrected chi connectivity index (χ2v) is 12.1. The molecule has 1 aromatic carbocycles. The molecule has 0 bridgehead atoms. The molecule has 0 aromatic heterocycles. The summed E-state index contributed by atoms with van der Waals surface area (Å²) in [5, 5.41) is 3.44. The van der Waals surface area contributed by atoms with E-state index in [4.69, 9.17) is 9.73 Å². The molecule has 0 radical (unpaired) electrons. The molecule has 3 aliphatic rings. The second kappa shape index (κ2) is 11.7. The summed E-state index contributed by atoms with van der Waals surface area (Å²) in [6, 6.07) is 8.47. The average molecular weight is 507 g/mol. The number of amidine groups is 1. The summed E-state index contributed by atoms with van der Waals surface area (Å²) in [7, 11) is 0. The van der Waals surface area contributed by atoms with Gasteiger partial charge in [-0.3, -0.25) is 0 Å². The van der Waals surface area contributed by atoms with E-state index in [1.165, 1.54) is 48.9 Å². The van der Waals surface area contributed by atoms with Crippen LogP contribution in [-0.4, -0.2) is 48.6 Å². The minimum Gasteiger partial charge on any atom is -0.444 e. The Labute approximate surface area is 223 Å². The summed E-state index contributed by atoms with van der Waals surface area (Å²) >= 11 is 0. The number of piperazine rings is 1. The van der Waals surface area contributed by atoms with Crippen molar-refractivity contribution in [3.8, 4) is 0 Å². The molecule has 1 aliphatic heterocycles. The molecule has 1 N–H and O–H groups in total. The molecule has 2 aliphatic carbocycles. The number of ether oxygens (including phenoxy) is 1. The summed E-state index contributed by atoms with van der Waals surface area (Å²) in [6.45, 7) is 15.4. The minimum atomic E-state index is -0.461. The largest absolute Gasteiger partial charge is 0.444 e. The number of nitrogens with zero attached hydrogens (tertiary/aromatic N) is 3. The van der Waals surface area contributed by atoms with Gasteiger partial charge in [0.25, 0.3) is 0 Å². The van der Waals surface area contributed by atoms with Crippen LogP contribution in [0, 0.1) is 17.8 Å². The van der Waals surface area contributed by atoms with Crippen LogP contribution in [0.5, 0.6) is 0 Å². The summed E-state index contributed by atoms with van der Waals surface area (Å²) < 4.78 is 5.51. The quantitative estimate of drug-likeness (QED) is 0.345. The highest BCUT2D eigenvalue weighted by Crippen LogP contribution is 2.45. The molecule has 2 fully saturated rings. The Morgan fingerprint density at radius 2 is 1.70 bits per heavy atom. The third-order valence-electron chi connectivity index (χ3n) is 8.04. The Bertz CT molecular complexity index is 1020. The van der Waals surface area contributed by atoms with E-state index in [-0.39, 0.29) is 6.09 Å². The normalized spacial score (nSPS) is 24.9. The fraction of sp³-hybridized carbons (Fsp3) is 0.613. The van der Waals surface area contributed by atoms with E-state index in [1.807, 2.05) is 27.7 Å². The standard InChI is InChI=1S/C31H46N4O2/c1-22-20-26(23(2)29(22)25-10-8-7-9-11-25)21-32-24(3)33-27-12-14-28(15-13-27)34-16-18-35(19-17-34)30(36)37-31(4,5)6/h12-15,20-21,23,25,29H,7-11,16-19H2,1-6H3,(H,32,33)/b26-21-. The van der Waals surface area contributed by atoms with Gasteiger partial charge in [0, 0.05) is 43.8 Å². The maximum Gasteiger partial charge on any atom is 0.410 e. The Morgan fingerprint density at radius 3 is 2.32 bits per heavy atom. The van der Waals surface area contributed by atoms with Crippen molar-refractivity contribution >= 4 is 23.3 Å². The Kier molecular flexibility index (Phi) is 8.66. The van der Waals surface area contributed by atoms with Gasteiger partial charge in [-0.2, -0.15) is 0 Å². The zero-order valence-corrected chi connectivity index (χ0v) is 23.7. The number of hydrogen-bond donors (Lipinski definition) is 1. The summed E-state index contributed by atoms with van der Waals surface area (Å²) in [5.74, 6) is 2.97. The number of hydrogen-bond acceptors (Lipinski definition) is 4. The molecular formula is C31H46N4O2. The Hall–Kier alpha value is -2.76. The van der Waals surface area contributed by atoms with Crippen LogP contribution >= 0.6 is 0 Å². The highest BCUT2D eigenvalue weighted by Gasteiger charge is 2.34. The fourth-order valence-corrected chi connectivity index (χ4v) is 6.16. The lowest BCUT2D eigenvalue weighted by atomic mass is 9.73. The molecule has 2 unspecified atom stereocenters. The molecule has 1 aromatic rings. The van der Waals surface area contributed by atoms with Crippen LogP contribution in [0.15, 0.2) is 52.7 Å². The molecule has 0 spiro atoms. The smallest absolute Gasteiger partial charge is 0.410 e. The van der Waals surface area contributed by atoms with Crippen molar-refractivity contribution in [3.05, 3.63) is 47.7 Å². The maximum absolute atomic E-state index is 12.3. The first-order chi connectivity index (χ1) is 17.6. The molecule has 1 saturated heterocycles. The first-order valence-corrected chi connectivity index (χ1v) is 14.1. The summed E-state index contributed by atoms with van der Waals surface area (Å²) in [6.07, 6.45) is 11.2. The van der Waals surface area contributed by atoms with Crippen LogP contribution in [-0.2, 0) is 4.74 Å². The molecule has 202 valence electrons. The minimum absolute atomic E-state index is 0.224. The van der Waals surface area contributed by atoms with Crippen molar-refractivity contribution in [2.75, 3.05) is 36.4 Å². The molecule has 1 amide bonds. The van der Waals surface area contributed by atoms with E-state index < -0.39 is 5.60 Å².